The highest BCUT2D eigenvalue weighted by Crippen LogP contribution is 2.11. The summed E-state index contributed by atoms with van der Waals surface area (Å²) in [6.07, 6.45) is 1.40. The maximum absolute atomic E-state index is 12.1. The minimum atomic E-state index is -1.62. The molecule has 0 unspecified atom stereocenters. The normalized spacial score (nSPS) is 10.1. The molecule has 1 rings (SSSR count). The monoisotopic (exact) mass is 265 g/mol. The number of aromatic nitrogens is 1. The average Bonchev–Trinajstić information content (AvgIpc) is 2.40. The first kappa shape index (κ1) is 14.8. The smallest absolute Gasteiger partial charge is 0.328 e. The van der Waals surface area contributed by atoms with E-state index in [-0.39, 0.29) is 18.9 Å². The molecule has 0 bridgehead atoms. The zero-order valence-corrected chi connectivity index (χ0v) is 10.8. The Balaban J connectivity index is 2.99. The molecule has 0 N–H and O–H groups in total. The van der Waals surface area contributed by atoms with Gasteiger partial charge in [0.15, 0.2) is 0 Å². The van der Waals surface area contributed by atoms with Gasteiger partial charge in [-0.15, -0.1) is 0 Å². The first-order chi connectivity index (χ1) is 9.11. The van der Waals surface area contributed by atoms with Gasteiger partial charge in [-0.3, -0.25) is 19.4 Å². The number of carbonyl (C=O) groups is 3. The molecule has 0 fully saturated rings. The quantitative estimate of drug-likeness (QED) is 0.433. The van der Waals surface area contributed by atoms with Gasteiger partial charge in [0.2, 0.25) is 11.7 Å². The lowest BCUT2D eigenvalue weighted by atomic mass is 10.0. The Hall–Kier alpha value is -2.24. The molecule has 0 saturated heterocycles. The third kappa shape index (κ3) is 3.87. The minimum Gasteiger partial charge on any atom is -0.465 e. The number of carbonyl (C=O) groups excluding carboxylic acids is 3. The van der Waals surface area contributed by atoms with Crippen LogP contribution in [0.4, 0.5) is 0 Å². The van der Waals surface area contributed by atoms with Crippen LogP contribution in [0.25, 0.3) is 0 Å². The van der Waals surface area contributed by atoms with Crippen molar-refractivity contribution in [3.8, 4) is 0 Å². The van der Waals surface area contributed by atoms with Crippen molar-refractivity contribution in [2.75, 3.05) is 13.2 Å². The largest absolute Gasteiger partial charge is 0.465 e. The maximum atomic E-state index is 12.1. The minimum absolute atomic E-state index is 0.0219. The summed E-state index contributed by atoms with van der Waals surface area (Å²) in [5.74, 6) is -4.18. The Kier molecular flexibility index (Phi) is 5.66. The van der Waals surface area contributed by atoms with Crippen molar-refractivity contribution in [1.82, 2.24) is 4.98 Å². The second-order valence-corrected chi connectivity index (χ2v) is 3.52. The van der Waals surface area contributed by atoms with Gasteiger partial charge in [-0.2, -0.15) is 0 Å². The first-order valence-corrected chi connectivity index (χ1v) is 5.90. The number of hydrogen-bond acceptors (Lipinski definition) is 6. The van der Waals surface area contributed by atoms with Crippen molar-refractivity contribution < 1.29 is 23.9 Å². The molecular weight excluding hydrogens is 250 g/mol. The van der Waals surface area contributed by atoms with E-state index in [9.17, 15) is 14.4 Å². The van der Waals surface area contributed by atoms with E-state index in [4.69, 9.17) is 9.47 Å². The van der Waals surface area contributed by atoms with E-state index in [1.807, 2.05) is 0 Å². The maximum Gasteiger partial charge on any atom is 0.328 e. The zero-order valence-electron chi connectivity index (χ0n) is 10.8. The number of pyridine rings is 1. The molecule has 6 heteroatoms. The number of ketones is 1. The highest BCUT2D eigenvalue weighted by atomic mass is 16.6. The van der Waals surface area contributed by atoms with Gasteiger partial charge in [0.1, 0.15) is 5.69 Å². The number of Topliss-reactive ketones (excluding diaryl/α,β-unsaturated/α-hetero) is 1. The van der Waals surface area contributed by atoms with Crippen LogP contribution in [-0.2, 0) is 19.1 Å². The highest BCUT2D eigenvalue weighted by Gasteiger charge is 2.37. The fourth-order valence-electron chi connectivity index (χ4n) is 1.42. The van der Waals surface area contributed by atoms with Gasteiger partial charge in [0.25, 0.3) is 0 Å². The third-order valence-electron chi connectivity index (χ3n) is 2.22. The van der Waals surface area contributed by atoms with Gasteiger partial charge in [-0.05, 0) is 26.0 Å². The zero-order chi connectivity index (χ0) is 14.3. The summed E-state index contributed by atoms with van der Waals surface area (Å²) in [6, 6.07) is 4.64. The molecule has 1 aromatic heterocycles. The van der Waals surface area contributed by atoms with Crippen LogP contribution in [0.1, 0.15) is 24.3 Å². The second kappa shape index (κ2) is 7.25. The predicted molar refractivity (Wildman–Crippen MR) is 65.3 cm³/mol. The number of rotatable bonds is 6. The fraction of sp³-hybridized carbons (Fsp3) is 0.385. The molecule has 0 aromatic carbocycles. The molecule has 1 heterocycles. The van der Waals surface area contributed by atoms with Gasteiger partial charge in [-0.1, -0.05) is 6.07 Å². The molecule has 1 aromatic rings. The second-order valence-electron chi connectivity index (χ2n) is 3.52. The summed E-state index contributed by atoms with van der Waals surface area (Å²) in [4.78, 5) is 39.3. The van der Waals surface area contributed by atoms with Crippen molar-refractivity contribution in [2.24, 2.45) is 5.92 Å². The van der Waals surface area contributed by atoms with Crippen LogP contribution < -0.4 is 0 Å². The standard InChI is InChI=1S/C13H15NO5/c1-3-18-12(16)10(13(17)19-4-2)11(15)9-7-5-6-8-14-9/h5-8,10H,3-4H2,1-2H3. The number of hydrogen-bond donors (Lipinski definition) is 0. The molecule has 0 spiro atoms. The van der Waals surface area contributed by atoms with Gasteiger partial charge >= 0.3 is 11.9 Å². The van der Waals surface area contributed by atoms with Gasteiger partial charge in [-0.25, -0.2) is 0 Å². The van der Waals surface area contributed by atoms with Crippen LogP contribution in [0.15, 0.2) is 24.4 Å². The third-order valence-corrected chi connectivity index (χ3v) is 2.22. The Morgan fingerprint density at radius 3 is 2.11 bits per heavy atom. The topological polar surface area (TPSA) is 82.6 Å². The Labute approximate surface area is 110 Å². The van der Waals surface area contributed by atoms with Gasteiger partial charge < -0.3 is 9.47 Å². The van der Waals surface area contributed by atoms with E-state index in [0.29, 0.717) is 0 Å². The summed E-state index contributed by atoms with van der Waals surface area (Å²) in [6.45, 7) is 3.32. The molecule has 0 radical (unpaired) electrons. The number of ether oxygens (including phenoxy) is 2. The molecule has 0 aliphatic rings. The lowest BCUT2D eigenvalue weighted by Crippen LogP contribution is -2.35. The van der Waals surface area contributed by atoms with Gasteiger partial charge in [0, 0.05) is 6.20 Å². The van der Waals surface area contributed by atoms with E-state index < -0.39 is 23.6 Å². The SMILES string of the molecule is CCOC(=O)C(C(=O)OCC)C(=O)c1ccccn1. The van der Waals surface area contributed by atoms with Crippen molar-refractivity contribution in [3.63, 3.8) is 0 Å². The molecule has 102 valence electrons. The van der Waals surface area contributed by atoms with E-state index >= 15 is 0 Å². The summed E-state index contributed by atoms with van der Waals surface area (Å²) in [7, 11) is 0. The van der Waals surface area contributed by atoms with E-state index in [1.165, 1.54) is 12.3 Å². The Bertz CT molecular complexity index is 439. The van der Waals surface area contributed by atoms with Crippen LogP contribution in [-0.4, -0.2) is 35.9 Å². The molecule has 6 nitrogen and oxygen atoms in total. The van der Waals surface area contributed by atoms with Gasteiger partial charge in [0.05, 0.1) is 13.2 Å². The van der Waals surface area contributed by atoms with E-state index in [0.717, 1.165) is 0 Å². The fourth-order valence-corrected chi connectivity index (χ4v) is 1.42. The lowest BCUT2D eigenvalue weighted by Gasteiger charge is -2.12. The summed E-state index contributed by atoms with van der Waals surface area (Å²) >= 11 is 0. The average molecular weight is 265 g/mol. The van der Waals surface area contributed by atoms with E-state index in [2.05, 4.69) is 4.98 Å². The van der Waals surface area contributed by atoms with Crippen LogP contribution in [0.2, 0.25) is 0 Å². The van der Waals surface area contributed by atoms with Crippen molar-refractivity contribution in [2.45, 2.75) is 13.8 Å². The lowest BCUT2D eigenvalue weighted by molar-refractivity contribution is -0.158. The number of nitrogens with zero attached hydrogens (tertiary/aromatic N) is 1. The van der Waals surface area contributed by atoms with Crippen molar-refractivity contribution in [1.29, 1.82) is 0 Å². The summed E-state index contributed by atoms with van der Waals surface area (Å²) < 4.78 is 9.45. The summed E-state index contributed by atoms with van der Waals surface area (Å²) in [5, 5.41) is 0. The molecular formula is C13H15NO5. The highest BCUT2D eigenvalue weighted by molar-refractivity contribution is 6.20. The van der Waals surface area contributed by atoms with Crippen LogP contribution >= 0.6 is 0 Å². The Morgan fingerprint density at radius 2 is 1.68 bits per heavy atom. The molecule has 0 aliphatic heterocycles. The van der Waals surface area contributed by atoms with Crippen molar-refractivity contribution in [3.05, 3.63) is 30.1 Å². The number of esters is 2. The molecule has 0 saturated carbocycles. The molecule has 0 amide bonds. The molecule has 0 aliphatic carbocycles. The first-order valence-electron chi connectivity index (χ1n) is 5.90. The van der Waals surface area contributed by atoms with Crippen LogP contribution in [0.3, 0.4) is 0 Å². The molecule has 0 atom stereocenters. The summed E-state index contributed by atoms with van der Waals surface area (Å²) in [5.41, 5.74) is 0.0219. The van der Waals surface area contributed by atoms with Crippen LogP contribution in [0, 0.1) is 5.92 Å². The predicted octanol–water partition coefficient (Wildman–Crippen LogP) is 1.01. The van der Waals surface area contributed by atoms with E-state index in [1.54, 1.807) is 26.0 Å². The van der Waals surface area contributed by atoms with Crippen LogP contribution in [0.5, 0.6) is 0 Å². The molecule has 19 heavy (non-hydrogen) atoms. The Morgan fingerprint density at radius 1 is 1.11 bits per heavy atom. The van der Waals surface area contributed by atoms with Crippen molar-refractivity contribution >= 4 is 17.7 Å².